The molecule has 0 saturated heterocycles. The molecule has 1 aromatic heterocycles. The number of carbonyl (C=O) groups is 1. The van der Waals surface area contributed by atoms with Gasteiger partial charge < -0.3 is 10.2 Å². The van der Waals surface area contributed by atoms with Crippen molar-refractivity contribution in [2.45, 2.75) is 33.6 Å². The van der Waals surface area contributed by atoms with Crippen molar-refractivity contribution in [1.82, 2.24) is 9.97 Å². The number of anilines is 3. The Hall–Kier alpha value is -3.21. The molecule has 0 saturated carbocycles. The van der Waals surface area contributed by atoms with Crippen molar-refractivity contribution in [3.8, 4) is 0 Å². The summed E-state index contributed by atoms with van der Waals surface area (Å²) >= 11 is 0. The monoisotopic (exact) mass is 374 g/mol. The number of rotatable bonds is 6. The third-order valence-corrected chi connectivity index (χ3v) is 4.58. The number of hydrogen-bond acceptors (Lipinski definition) is 4. The van der Waals surface area contributed by atoms with E-state index in [1.807, 2.05) is 50.2 Å². The highest BCUT2D eigenvalue weighted by Crippen LogP contribution is 2.21. The van der Waals surface area contributed by atoms with Gasteiger partial charge in [0.25, 0.3) is 5.91 Å². The minimum absolute atomic E-state index is 0.145. The minimum Gasteiger partial charge on any atom is -0.324 e. The fourth-order valence-corrected chi connectivity index (χ4v) is 3.00. The third-order valence-electron chi connectivity index (χ3n) is 4.58. The van der Waals surface area contributed by atoms with Gasteiger partial charge in [-0.3, -0.25) is 4.79 Å². The Morgan fingerprint density at radius 3 is 2.50 bits per heavy atom. The molecule has 0 spiro atoms. The Kier molecular flexibility index (Phi) is 6.04. The Morgan fingerprint density at radius 1 is 1.11 bits per heavy atom. The summed E-state index contributed by atoms with van der Waals surface area (Å²) in [6.07, 6.45) is 1.61. The lowest BCUT2D eigenvalue weighted by atomic mass is 10.0. The Labute approximate surface area is 166 Å². The lowest BCUT2D eigenvalue weighted by Crippen LogP contribution is -2.31. The molecule has 2 aromatic carbocycles. The second-order valence-corrected chi connectivity index (χ2v) is 7.06. The summed E-state index contributed by atoms with van der Waals surface area (Å²) in [6, 6.07) is 17.7. The van der Waals surface area contributed by atoms with E-state index in [9.17, 15) is 4.79 Å². The van der Waals surface area contributed by atoms with Crippen LogP contribution in [-0.4, -0.2) is 22.4 Å². The van der Waals surface area contributed by atoms with Crippen LogP contribution in [0.3, 0.4) is 0 Å². The highest BCUT2D eigenvalue weighted by atomic mass is 16.2. The zero-order valence-corrected chi connectivity index (χ0v) is 16.8. The molecule has 0 bridgehead atoms. The van der Waals surface area contributed by atoms with Crippen LogP contribution in [0.25, 0.3) is 0 Å². The van der Waals surface area contributed by atoms with Crippen LogP contribution in [0.4, 0.5) is 17.3 Å². The number of aryl methyl sites for hydroxylation is 1. The van der Waals surface area contributed by atoms with Crippen molar-refractivity contribution in [3.05, 3.63) is 77.6 Å². The van der Waals surface area contributed by atoms with Gasteiger partial charge in [0, 0.05) is 24.1 Å². The highest BCUT2D eigenvalue weighted by Gasteiger charge is 2.18. The molecule has 0 fully saturated rings. The lowest BCUT2D eigenvalue weighted by molar-refractivity contribution is 0.0983. The van der Waals surface area contributed by atoms with Crippen LogP contribution < -0.4 is 10.2 Å². The zero-order valence-electron chi connectivity index (χ0n) is 16.8. The van der Waals surface area contributed by atoms with E-state index in [2.05, 4.69) is 41.3 Å². The van der Waals surface area contributed by atoms with Crippen LogP contribution in [0.1, 0.15) is 48.3 Å². The summed E-state index contributed by atoms with van der Waals surface area (Å²) in [5, 5.41) is 3.18. The van der Waals surface area contributed by atoms with Gasteiger partial charge in [-0.15, -0.1) is 0 Å². The van der Waals surface area contributed by atoms with Gasteiger partial charge in [-0.25, -0.2) is 9.97 Å². The molecule has 0 aliphatic heterocycles. The summed E-state index contributed by atoms with van der Waals surface area (Å²) in [5.74, 6) is 0.741. The fourth-order valence-electron chi connectivity index (χ4n) is 3.00. The van der Waals surface area contributed by atoms with Gasteiger partial charge in [0.15, 0.2) is 0 Å². The number of carbonyl (C=O) groups excluding carboxylic acids is 1. The van der Waals surface area contributed by atoms with E-state index < -0.39 is 0 Å². The number of nitrogens with one attached hydrogen (secondary N) is 1. The van der Waals surface area contributed by atoms with Gasteiger partial charge >= 0.3 is 0 Å². The van der Waals surface area contributed by atoms with Gasteiger partial charge in [0.2, 0.25) is 5.95 Å². The van der Waals surface area contributed by atoms with Gasteiger partial charge in [-0.05, 0) is 61.2 Å². The van der Waals surface area contributed by atoms with Gasteiger partial charge in [-0.1, -0.05) is 38.1 Å². The van der Waals surface area contributed by atoms with Crippen LogP contribution >= 0.6 is 0 Å². The molecule has 28 heavy (non-hydrogen) atoms. The van der Waals surface area contributed by atoms with Crippen LogP contribution in [0.2, 0.25) is 0 Å². The molecule has 5 nitrogen and oxygen atoms in total. The molecule has 1 heterocycles. The maximum Gasteiger partial charge on any atom is 0.277 e. The molecule has 144 valence electrons. The predicted octanol–water partition coefficient (Wildman–Crippen LogP) is 5.32. The van der Waals surface area contributed by atoms with Crippen molar-refractivity contribution in [3.63, 3.8) is 0 Å². The molecule has 5 heteroatoms. The summed E-state index contributed by atoms with van der Waals surface area (Å²) in [6.45, 7) is 8.85. The Bertz CT molecular complexity index is 951. The molecule has 3 aromatic rings. The topological polar surface area (TPSA) is 58.1 Å². The number of aromatic nitrogens is 2. The summed E-state index contributed by atoms with van der Waals surface area (Å²) < 4.78 is 0. The summed E-state index contributed by atoms with van der Waals surface area (Å²) in [4.78, 5) is 23.4. The SMILES string of the molecule is CCN(C(=O)c1ccnc(Nc2ccc(C(C)C)cc2)n1)c1cccc(C)c1. The van der Waals surface area contributed by atoms with Crippen molar-refractivity contribution in [1.29, 1.82) is 0 Å². The van der Waals surface area contributed by atoms with Crippen molar-refractivity contribution in [2.24, 2.45) is 0 Å². The average Bonchev–Trinajstić information content (AvgIpc) is 2.69. The second-order valence-electron chi connectivity index (χ2n) is 7.06. The van der Waals surface area contributed by atoms with E-state index in [1.165, 1.54) is 5.56 Å². The molecular weight excluding hydrogens is 348 g/mol. The molecule has 0 aliphatic rings. The maximum atomic E-state index is 13.0. The van der Waals surface area contributed by atoms with E-state index in [-0.39, 0.29) is 5.91 Å². The Balaban J connectivity index is 1.80. The predicted molar refractivity (Wildman–Crippen MR) is 114 cm³/mol. The van der Waals surface area contributed by atoms with Crippen molar-refractivity contribution < 1.29 is 4.79 Å². The van der Waals surface area contributed by atoms with E-state index in [0.29, 0.717) is 24.1 Å². The lowest BCUT2D eigenvalue weighted by Gasteiger charge is -2.21. The van der Waals surface area contributed by atoms with Crippen LogP contribution in [0.5, 0.6) is 0 Å². The average molecular weight is 374 g/mol. The Morgan fingerprint density at radius 2 is 1.86 bits per heavy atom. The summed E-state index contributed by atoms with van der Waals surface area (Å²) in [7, 11) is 0. The highest BCUT2D eigenvalue weighted by molar-refractivity contribution is 6.04. The first-order chi connectivity index (χ1) is 13.5. The van der Waals surface area contributed by atoms with Crippen LogP contribution in [-0.2, 0) is 0 Å². The molecule has 0 atom stereocenters. The van der Waals surface area contributed by atoms with E-state index in [1.54, 1.807) is 17.2 Å². The second kappa shape index (κ2) is 8.65. The van der Waals surface area contributed by atoms with Crippen LogP contribution in [0.15, 0.2) is 60.8 Å². The first-order valence-electron chi connectivity index (χ1n) is 9.56. The number of nitrogens with zero attached hydrogens (tertiary/aromatic N) is 3. The summed E-state index contributed by atoms with van der Waals surface area (Å²) in [5.41, 5.74) is 4.50. The van der Waals surface area contributed by atoms with Gasteiger partial charge in [-0.2, -0.15) is 0 Å². The molecule has 1 amide bonds. The van der Waals surface area contributed by atoms with E-state index in [0.717, 1.165) is 16.9 Å². The zero-order chi connectivity index (χ0) is 20.1. The molecule has 1 N–H and O–H groups in total. The van der Waals surface area contributed by atoms with Crippen molar-refractivity contribution in [2.75, 3.05) is 16.8 Å². The quantitative estimate of drug-likeness (QED) is 0.634. The molecular formula is C23H26N4O. The van der Waals surface area contributed by atoms with E-state index in [4.69, 9.17) is 0 Å². The van der Waals surface area contributed by atoms with Gasteiger partial charge in [0.05, 0.1) is 0 Å². The first-order valence-corrected chi connectivity index (χ1v) is 9.56. The number of hydrogen-bond donors (Lipinski definition) is 1. The van der Waals surface area contributed by atoms with E-state index >= 15 is 0 Å². The number of benzene rings is 2. The normalized spacial score (nSPS) is 10.8. The molecule has 0 aliphatic carbocycles. The third kappa shape index (κ3) is 4.55. The van der Waals surface area contributed by atoms with Crippen LogP contribution in [0, 0.1) is 6.92 Å². The van der Waals surface area contributed by atoms with Gasteiger partial charge in [0.1, 0.15) is 5.69 Å². The molecule has 3 rings (SSSR count). The molecule has 0 radical (unpaired) electrons. The number of amides is 1. The minimum atomic E-state index is -0.145. The smallest absolute Gasteiger partial charge is 0.277 e. The first kappa shape index (κ1) is 19.5. The van der Waals surface area contributed by atoms with Crippen molar-refractivity contribution >= 4 is 23.2 Å². The standard InChI is InChI=1S/C23H26N4O/c1-5-27(20-8-6-7-17(4)15-20)22(28)21-13-14-24-23(26-21)25-19-11-9-18(10-12-19)16(2)3/h6-16H,5H2,1-4H3,(H,24,25,26). The molecule has 0 unspecified atom stereocenters. The maximum absolute atomic E-state index is 13.0. The largest absolute Gasteiger partial charge is 0.324 e. The fraction of sp³-hybridized carbons (Fsp3) is 0.261.